The van der Waals surface area contributed by atoms with Crippen LogP contribution < -0.4 is 11.2 Å². The van der Waals surface area contributed by atoms with E-state index in [9.17, 15) is 9.59 Å². The van der Waals surface area contributed by atoms with Crippen molar-refractivity contribution in [2.75, 3.05) is 0 Å². The lowest BCUT2D eigenvalue weighted by atomic mass is 9.77. The van der Waals surface area contributed by atoms with Gasteiger partial charge in [-0.25, -0.2) is 5.43 Å². The first-order valence-corrected chi connectivity index (χ1v) is 5.14. The van der Waals surface area contributed by atoms with Crippen LogP contribution in [0.1, 0.15) is 33.6 Å². The Labute approximate surface area is 94.8 Å². The fourth-order valence-corrected chi connectivity index (χ4v) is 1.94. The molecule has 16 heavy (non-hydrogen) atoms. The Kier molecular flexibility index (Phi) is 3.47. The van der Waals surface area contributed by atoms with Gasteiger partial charge in [-0.05, 0) is 31.3 Å². The molecule has 88 valence electrons. The predicted octanol–water partition coefficient (Wildman–Crippen LogP) is 0.710. The summed E-state index contributed by atoms with van der Waals surface area (Å²) in [6.07, 6.45) is 3.70. The van der Waals surface area contributed by atoms with Gasteiger partial charge in [0, 0.05) is 0 Å². The summed E-state index contributed by atoms with van der Waals surface area (Å²) in [7, 11) is 0. The van der Waals surface area contributed by atoms with E-state index in [1.54, 1.807) is 0 Å². The summed E-state index contributed by atoms with van der Waals surface area (Å²) in [6.45, 7) is 6.29. The smallest absolute Gasteiger partial charge is 0.329 e. The normalized spacial score (nSPS) is 21.4. The second kappa shape index (κ2) is 4.47. The van der Waals surface area contributed by atoms with Crippen LogP contribution in [0.15, 0.2) is 16.8 Å². The fraction of sp³-hybridized carbons (Fsp3) is 0.545. The van der Waals surface area contributed by atoms with E-state index in [1.807, 2.05) is 13.0 Å². The Morgan fingerprint density at radius 1 is 1.44 bits per heavy atom. The second-order valence-electron chi connectivity index (χ2n) is 4.92. The van der Waals surface area contributed by atoms with E-state index >= 15 is 0 Å². The molecule has 0 radical (unpaired) electrons. The van der Waals surface area contributed by atoms with E-state index in [0.717, 1.165) is 18.6 Å². The van der Waals surface area contributed by atoms with Gasteiger partial charge in [0.05, 0.1) is 5.71 Å². The van der Waals surface area contributed by atoms with Gasteiger partial charge < -0.3 is 5.73 Å². The molecule has 0 bridgehead atoms. The SMILES string of the molecule is CC1=C/C(=N/NC(=O)C(N)=O)CC(C)(C)C1. The summed E-state index contributed by atoms with van der Waals surface area (Å²) in [6, 6.07) is 0. The van der Waals surface area contributed by atoms with Crippen LogP contribution in [-0.2, 0) is 9.59 Å². The first-order chi connectivity index (χ1) is 7.30. The fourth-order valence-electron chi connectivity index (χ4n) is 1.94. The van der Waals surface area contributed by atoms with E-state index in [-0.39, 0.29) is 5.41 Å². The molecule has 2 amide bonds. The van der Waals surface area contributed by atoms with Crippen molar-refractivity contribution in [2.45, 2.75) is 33.6 Å². The predicted molar refractivity (Wildman–Crippen MR) is 61.5 cm³/mol. The lowest BCUT2D eigenvalue weighted by Gasteiger charge is -2.29. The number of hydrogen-bond donors (Lipinski definition) is 2. The largest absolute Gasteiger partial charge is 0.361 e. The topological polar surface area (TPSA) is 84.6 Å². The van der Waals surface area contributed by atoms with Crippen LogP contribution >= 0.6 is 0 Å². The van der Waals surface area contributed by atoms with Crippen molar-refractivity contribution in [1.29, 1.82) is 0 Å². The van der Waals surface area contributed by atoms with E-state index < -0.39 is 11.8 Å². The van der Waals surface area contributed by atoms with Gasteiger partial charge in [-0.3, -0.25) is 9.59 Å². The van der Waals surface area contributed by atoms with Crippen LogP contribution in [0.5, 0.6) is 0 Å². The zero-order valence-corrected chi connectivity index (χ0v) is 9.83. The number of carbonyl (C=O) groups excluding carboxylic acids is 2. The zero-order chi connectivity index (χ0) is 12.3. The van der Waals surface area contributed by atoms with Crippen molar-refractivity contribution >= 4 is 17.5 Å². The summed E-state index contributed by atoms with van der Waals surface area (Å²) in [5, 5.41) is 3.89. The monoisotopic (exact) mass is 223 g/mol. The van der Waals surface area contributed by atoms with Gasteiger partial charge in [-0.15, -0.1) is 0 Å². The van der Waals surface area contributed by atoms with Crippen LogP contribution in [0.2, 0.25) is 0 Å². The van der Waals surface area contributed by atoms with Gasteiger partial charge in [-0.2, -0.15) is 5.10 Å². The molecule has 1 rings (SSSR count). The molecule has 1 aliphatic carbocycles. The van der Waals surface area contributed by atoms with E-state index in [4.69, 9.17) is 5.73 Å². The molecule has 0 heterocycles. The summed E-state index contributed by atoms with van der Waals surface area (Å²) >= 11 is 0. The molecule has 0 unspecified atom stereocenters. The highest BCUT2D eigenvalue weighted by atomic mass is 16.2. The maximum atomic E-state index is 10.9. The third kappa shape index (κ3) is 3.49. The van der Waals surface area contributed by atoms with Gasteiger partial charge in [0.25, 0.3) is 0 Å². The maximum Gasteiger partial charge on any atom is 0.329 e. The van der Waals surface area contributed by atoms with Crippen LogP contribution in [0.4, 0.5) is 0 Å². The Balaban J connectivity index is 2.74. The number of carbonyl (C=O) groups is 2. The molecule has 0 atom stereocenters. The van der Waals surface area contributed by atoms with E-state index in [2.05, 4.69) is 24.4 Å². The zero-order valence-electron chi connectivity index (χ0n) is 9.83. The highest BCUT2D eigenvalue weighted by molar-refractivity contribution is 6.34. The van der Waals surface area contributed by atoms with Gasteiger partial charge in [-0.1, -0.05) is 19.4 Å². The van der Waals surface area contributed by atoms with Crippen molar-refractivity contribution in [3.8, 4) is 0 Å². The summed E-state index contributed by atoms with van der Waals surface area (Å²) in [5.41, 5.74) is 9.05. The molecule has 5 heteroatoms. The number of nitrogens with zero attached hydrogens (tertiary/aromatic N) is 1. The standard InChI is InChI=1S/C11H17N3O2/c1-7-4-8(6-11(2,3)5-7)13-14-10(16)9(12)15/h4H,5-6H2,1-3H3,(H2,12,15)(H,14,16)/b13-8-. The van der Waals surface area contributed by atoms with Crippen LogP contribution in [0, 0.1) is 5.41 Å². The number of hydrogen-bond acceptors (Lipinski definition) is 3. The molecule has 0 spiro atoms. The first kappa shape index (κ1) is 12.4. The second-order valence-corrected chi connectivity index (χ2v) is 4.92. The number of amides is 2. The van der Waals surface area contributed by atoms with Crippen molar-refractivity contribution < 1.29 is 9.59 Å². The highest BCUT2D eigenvalue weighted by Gasteiger charge is 2.24. The minimum Gasteiger partial charge on any atom is -0.361 e. The van der Waals surface area contributed by atoms with Gasteiger partial charge >= 0.3 is 11.8 Å². The maximum absolute atomic E-state index is 10.9. The Morgan fingerprint density at radius 2 is 2.06 bits per heavy atom. The van der Waals surface area contributed by atoms with Crippen LogP contribution in [0.3, 0.4) is 0 Å². The molecule has 0 saturated carbocycles. The average molecular weight is 223 g/mol. The molecule has 0 aromatic rings. The molecule has 0 aromatic carbocycles. The average Bonchev–Trinajstić information content (AvgIpc) is 2.10. The van der Waals surface area contributed by atoms with Crippen molar-refractivity contribution in [3.05, 3.63) is 11.6 Å². The Hall–Kier alpha value is -1.65. The number of hydrazone groups is 1. The number of nitrogens with two attached hydrogens (primary N) is 1. The summed E-state index contributed by atoms with van der Waals surface area (Å²) in [4.78, 5) is 21.4. The molecule has 3 N–H and O–H groups in total. The molecular formula is C11H17N3O2. The van der Waals surface area contributed by atoms with Crippen LogP contribution in [-0.4, -0.2) is 17.5 Å². The van der Waals surface area contributed by atoms with Gasteiger partial charge in [0.15, 0.2) is 0 Å². The lowest BCUT2D eigenvalue weighted by Crippen LogP contribution is -2.34. The number of allylic oxidation sites excluding steroid dienone is 2. The number of primary amides is 1. The van der Waals surface area contributed by atoms with Crippen molar-refractivity contribution in [2.24, 2.45) is 16.3 Å². The van der Waals surface area contributed by atoms with Crippen molar-refractivity contribution in [3.63, 3.8) is 0 Å². The van der Waals surface area contributed by atoms with Crippen LogP contribution in [0.25, 0.3) is 0 Å². The third-order valence-electron chi connectivity index (χ3n) is 2.35. The molecule has 0 aliphatic heterocycles. The Bertz CT molecular complexity index is 381. The number of nitrogens with one attached hydrogen (secondary N) is 1. The molecule has 1 aliphatic rings. The highest BCUT2D eigenvalue weighted by Crippen LogP contribution is 2.33. The lowest BCUT2D eigenvalue weighted by molar-refractivity contribution is -0.137. The third-order valence-corrected chi connectivity index (χ3v) is 2.35. The molecule has 0 aromatic heterocycles. The van der Waals surface area contributed by atoms with Gasteiger partial charge in [0.2, 0.25) is 0 Å². The Morgan fingerprint density at radius 3 is 2.56 bits per heavy atom. The van der Waals surface area contributed by atoms with E-state index in [1.165, 1.54) is 5.57 Å². The first-order valence-electron chi connectivity index (χ1n) is 5.14. The summed E-state index contributed by atoms with van der Waals surface area (Å²) in [5.74, 6) is -1.91. The quantitative estimate of drug-likeness (QED) is 0.507. The molecule has 0 fully saturated rings. The van der Waals surface area contributed by atoms with E-state index in [0.29, 0.717) is 0 Å². The molecular weight excluding hydrogens is 206 g/mol. The summed E-state index contributed by atoms with van der Waals surface area (Å²) < 4.78 is 0. The minimum absolute atomic E-state index is 0.134. The minimum atomic E-state index is -1.03. The molecule has 5 nitrogen and oxygen atoms in total. The number of rotatable bonds is 1. The van der Waals surface area contributed by atoms with Crippen molar-refractivity contribution in [1.82, 2.24) is 5.43 Å². The van der Waals surface area contributed by atoms with Gasteiger partial charge in [0.1, 0.15) is 0 Å². The molecule has 0 saturated heterocycles.